The van der Waals surface area contributed by atoms with Gasteiger partial charge in [0.2, 0.25) is 0 Å². The molecule has 0 heterocycles. The SMILES string of the molecule is Nc1c(F)cc(Cl)cc1[C@H](N)C(=O)O. The first kappa shape index (κ1) is 10.7. The fourth-order valence-corrected chi connectivity index (χ4v) is 1.21. The van der Waals surface area contributed by atoms with E-state index in [4.69, 9.17) is 28.2 Å². The van der Waals surface area contributed by atoms with E-state index in [-0.39, 0.29) is 16.3 Å². The van der Waals surface area contributed by atoms with Crippen LogP contribution in [0.4, 0.5) is 10.1 Å². The summed E-state index contributed by atoms with van der Waals surface area (Å²) in [4.78, 5) is 10.5. The predicted octanol–water partition coefficient (Wildman–Crippen LogP) is 1.15. The van der Waals surface area contributed by atoms with Crippen LogP contribution in [0.3, 0.4) is 0 Å². The third kappa shape index (κ3) is 1.94. The van der Waals surface area contributed by atoms with Crippen LogP contribution in [0.15, 0.2) is 12.1 Å². The van der Waals surface area contributed by atoms with E-state index in [0.29, 0.717) is 0 Å². The van der Waals surface area contributed by atoms with Gasteiger partial charge in [0.05, 0.1) is 5.69 Å². The standard InChI is InChI=1S/C8H8ClFN2O2/c9-3-1-4(7(12)8(13)14)6(11)5(10)2-3/h1-2,7H,11-12H2,(H,13,14)/t7-/m0/s1. The molecule has 0 aliphatic rings. The Morgan fingerprint density at radius 2 is 2.14 bits per heavy atom. The Morgan fingerprint density at radius 3 is 2.64 bits per heavy atom. The zero-order valence-electron chi connectivity index (χ0n) is 7.00. The second-order valence-electron chi connectivity index (χ2n) is 2.71. The van der Waals surface area contributed by atoms with Crippen molar-refractivity contribution in [1.29, 1.82) is 0 Å². The summed E-state index contributed by atoms with van der Waals surface area (Å²) in [7, 11) is 0. The fourth-order valence-electron chi connectivity index (χ4n) is 0.995. The Hall–Kier alpha value is -1.33. The van der Waals surface area contributed by atoms with Gasteiger partial charge in [0.15, 0.2) is 0 Å². The number of nitrogen functional groups attached to an aromatic ring is 1. The molecule has 0 saturated heterocycles. The predicted molar refractivity (Wildman–Crippen MR) is 50.4 cm³/mol. The van der Waals surface area contributed by atoms with Crippen LogP contribution in [0.5, 0.6) is 0 Å². The van der Waals surface area contributed by atoms with Crippen molar-refractivity contribution in [2.45, 2.75) is 6.04 Å². The molecule has 0 unspecified atom stereocenters. The minimum atomic E-state index is -1.37. The zero-order chi connectivity index (χ0) is 10.9. The van der Waals surface area contributed by atoms with Crippen molar-refractivity contribution in [3.63, 3.8) is 0 Å². The quantitative estimate of drug-likeness (QED) is 0.650. The highest BCUT2D eigenvalue weighted by molar-refractivity contribution is 6.30. The lowest BCUT2D eigenvalue weighted by atomic mass is 10.1. The van der Waals surface area contributed by atoms with E-state index >= 15 is 0 Å². The van der Waals surface area contributed by atoms with Crippen molar-refractivity contribution in [1.82, 2.24) is 0 Å². The molecular formula is C8H8ClFN2O2. The van der Waals surface area contributed by atoms with Gasteiger partial charge in [-0.1, -0.05) is 11.6 Å². The first-order valence-corrected chi connectivity index (χ1v) is 4.04. The van der Waals surface area contributed by atoms with Gasteiger partial charge in [-0.25, -0.2) is 4.39 Å². The summed E-state index contributed by atoms with van der Waals surface area (Å²) in [6.07, 6.45) is 0. The van der Waals surface area contributed by atoms with Crippen molar-refractivity contribution in [3.8, 4) is 0 Å². The van der Waals surface area contributed by atoms with Crippen molar-refractivity contribution in [2.24, 2.45) is 5.73 Å². The monoisotopic (exact) mass is 218 g/mol. The highest BCUT2D eigenvalue weighted by atomic mass is 35.5. The van der Waals surface area contributed by atoms with Gasteiger partial charge in [-0.3, -0.25) is 4.79 Å². The van der Waals surface area contributed by atoms with E-state index < -0.39 is 17.8 Å². The number of aliphatic carboxylic acids is 1. The number of rotatable bonds is 2. The first-order valence-electron chi connectivity index (χ1n) is 3.66. The molecular weight excluding hydrogens is 211 g/mol. The lowest BCUT2D eigenvalue weighted by molar-refractivity contribution is -0.138. The van der Waals surface area contributed by atoms with Gasteiger partial charge in [0, 0.05) is 10.6 Å². The van der Waals surface area contributed by atoms with E-state index in [1.54, 1.807) is 0 Å². The molecule has 0 bridgehead atoms. The molecule has 0 aromatic heterocycles. The molecule has 1 aromatic rings. The van der Waals surface area contributed by atoms with E-state index in [9.17, 15) is 9.18 Å². The molecule has 0 aliphatic heterocycles. The molecule has 1 aromatic carbocycles. The molecule has 6 heteroatoms. The number of carboxylic acids is 1. The first-order chi connectivity index (χ1) is 6.43. The summed E-state index contributed by atoms with van der Waals surface area (Å²) in [6.45, 7) is 0. The molecule has 1 rings (SSSR count). The highest BCUT2D eigenvalue weighted by Crippen LogP contribution is 2.26. The van der Waals surface area contributed by atoms with Crippen LogP contribution < -0.4 is 11.5 Å². The summed E-state index contributed by atoms with van der Waals surface area (Å²) in [5.41, 5.74) is 10.3. The van der Waals surface area contributed by atoms with Crippen molar-refractivity contribution >= 4 is 23.3 Å². The molecule has 0 spiro atoms. The van der Waals surface area contributed by atoms with E-state index in [0.717, 1.165) is 6.07 Å². The van der Waals surface area contributed by atoms with Gasteiger partial charge < -0.3 is 16.6 Å². The molecule has 0 aliphatic carbocycles. The normalized spacial score (nSPS) is 12.5. The van der Waals surface area contributed by atoms with Gasteiger partial charge in [0.25, 0.3) is 0 Å². The number of benzene rings is 1. The smallest absolute Gasteiger partial charge is 0.325 e. The van der Waals surface area contributed by atoms with Crippen molar-refractivity contribution in [2.75, 3.05) is 5.73 Å². The molecule has 0 saturated carbocycles. The largest absolute Gasteiger partial charge is 0.480 e. The molecule has 5 N–H and O–H groups in total. The number of hydrogen-bond donors (Lipinski definition) is 3. The van der Waals surface area contributed by atoms with Crippen molar-refractivity contribution < 1.29 is 14.3 Å². The second kappa shape index (κ2) is 3.81. The van der Waals surface area contributed by atoms with Crippen LogP contribution in [0.1, 0.15) is 11.6 Å². The van der Waals surface area contributed by atoms with E-state index in [1.807, 2.05) is 0 Å². The molecule has 76 valence electrons. The molecule has 4 nitrogen and oxygen atoms in total. The molecule has 14 heavy (non-hydrogen) atoms. The minimum Gasteiger partial charge on any atom is -0.480 e. The molecule has 0 fully saturated rings. The Bertz CT molecular complexity index is 384. The third-order valence-electron chi connectivity index (χ3n) is 1.73. The van der Waals surface area contributed by atoms with Gasteiger partial charge in [0.1, 0.15) is 11.9 Å². The third-order valence-corrected chi connectivity index (χ3v) is 1.95. The Morgan fingerprint density at radius 1 is 1.57 bits per heavy atom. The average Bonchev–Trinajstić information content (AvgIpc) is 2.09. The van der Waals surface area contributed by atoms with Crippen molar-refractivity contribution in [3.05, 3.63) is 28.5 Å². The maximum Gasteiger partial charge on any atom is 0.325 e. The Labute approximate surface area is 84.3 Å². The fraction of sp³-hybridized carbons (Fsp3) is 0.125. The van der Waals surface area contributed by atoms with E-state index in [2.05, 4.69) is 0 Å². The minimum absolute atomic E-state index is 0.0255. The van der Waals surface area contributed by atoms with Crippen LogP contribution in [-0.2, 0) is 4.79 Å². The summed E-state index contributed by atoms with van der Waals surface area (Å²) in [5.74, 6) is -2.07. The Balaban J connectivity index is 3.26. The Kier molecular flexibility index (Phi) is 2.93. The maximum absolute atomic E-state index is 13.0. The summed E-state index contributed by atoms with van der Waals surface area (Å²) in [5, 5.41) is 8.65. The summed E-state index contributed by atoms with van der Waals surface area (Å²) >= 11 is 5.53. The summed E-state index contributed by atoms with van der Waals surface area (Å²) in [6, 6.07) is 0.858. The van der Waals surface area contributed by atoms with Gasteiger partial charge in [-0.2, -0.15) is 0 Å². The molecule has 1 atom stereocenters. The van der Waals surface area contributed by atoms with Crippen LogP contribution >= 0.6 is 11.6 Å². The number of carbonyl (C=O) groups is 1. The number of halogens is 2. The van der Waals surface area contributed by atoms with Crippen LogP contribution in [-0.4, -0.2) is 11.1 Å². The van der Waals surface area contributed by atoms with Crippen LogP contribution in [0.2, 0.25) is 5.02 Å². The van der Waals surface area contributed by atoms with Crippen LogP contribution in [0, 0.1) is 5.82 Å². The van der Waals surface area contributed by atoms with Gasteiger partial charge in [-0.15, -0.1) is 0 Å². The zero-order valence-corrected chi connectivity index (χ0v) is 7.75. The average molecular weight is 219 g/mol. The lowest BCUT2D eigenvalue weighted by Crippen LogP contribution is -2.22. The van der Waals surface area contributed by atoms with Crippen LogP contribution in [0.25, 0.3) is 0 Å². The lowest BCUT2D eigenvalue weighted by Gasteiger charge is -2.10. The van der Waals surface area contributed by atoms with Gasteiger partial charge in [-0.05, 0) is 12.1 Å². The van der Waals surface area contributed by atoms with Gasteiger partial charge >= 0.3 is 5.97 Å². The molecule has 0 radical (unpaired) electrons. The van der Waals surface area contributed by atoms with E-state index in [1.165, 1.54) is 6.07 Å². The second-order valence-corrected chi connectivity index (χ2v) is 3.14. The number of anilines is 1. The topological polar surface area (TPSA) is 89.3 Å². The number of nitrogens with two attached hydrogens (primary N) is 2. The maximum atomic E-state index is 13.0. The number of carboxylic acid groups (broad SMARTS) is 1. The summed E-state index contributed by atoms with van der Waals surface area (Å²) < 4.78 is 13.0. The highest BCUT2D eigenvalue weighted by Gasteiger charge is 2.19. The molecule has 0 amide bonds. The number of hydrogen-bond acceptors (Lipinski definition) is 3.